The van der Waals surface area contributed by atoms with E-state index in [1.165, 1.54) is 6.20 Å². The van der Waals surface area contributed by atoms with Gasteiger partial charge in [0.05, 0.1) is 37.6 Å². The Balaban J connectivity index is 1.42. The number of nitrogens with zero attached hydrogens (tertiary/aromatic N) is 3. The minimum absolute atomic E-state index is 0.137. The fraction of sp³-hybridized carbons (Fsp3) is 0.423. The molecule has 3 aromatic rings. The summed E-state index contributed by atoms with van der Waals surface area (Å²) in [6.45, 7) is 7.54. The molecule has 1 aliphatic rings. The van der Waals surface area contributed by atoms with Gasteiger partial charge < -0.3 is 25.4 Å². The van der Waals surface area contributed by atoms with E-state index in [1.54, 1.807) is 22.7 Å². The number of nitrogens with one attached hydrogen (secondary N) is 2. The molecule has 1 aliphatic heterocycles. The zero-order valence-corrected chi connectivity index (χ0v) is 20.2. The summed E-state index contributed by atoms with van der Waals surface area (Å²) in [5.74, 6) is -0.269. The number of rotatable bonds is 9. The first-order valence-corrected chi connectivity index (χ1v) is 12.0. The largest absolute Gasteiger partial charge is 0.394 e. The van der Waals surface area contributed by atoms with Crippen molar-refractivity contribution < 1.29 is 19.4 Å². The van der Waals surface area contributed by atoms with E-state index in [1.807, 2.05) is 26.0 Å². The summed E-state index contributed by atoms with van der Waals surface area (Å²) in [6, 6.07) is 11.2. The number of anilines is 1. The van der Waals surface area contributed by atoms with Crippen LogP contribution in [0, 0.1) is 5.92 Å². The second-order valence-electron chi connectivity index (χ2n) is 9.19. The van der Waals surface area contributed by atoms with E-state index in [9.17, 15) is 14.7 Å². The van der Waals surface area contributed by atoms with Crippen molar-refractivity contribution >= 4 is 23.1 Å². The van der Waals surface area contributed by atoms with Gasteiger partial charge in [-0.1, -0.05) is 26.0 Å². The molecule has 1 aromatic carbocycles. The molecule has 0 bridgehead atoms. The monoisotopic (exact) mass is 479 g/mol. The van der Waals surface area contributed by atoms with Crippen LogP contribution in [-0.2, 0) is 11.3 Å². The molecule has 0 unspecified atom stereocenters. The number of imidazole rings is 1. The number of aromatic nitrogens is 2. The molecule has 0 radical (unpaired) electrons. The van der Waals surface area contributed by atoms with E-state index >= 15 is 0 Å². The molecule has 3 N–H and O–H groups in total. The number of pyridine rings is 1. The summed E-state index contributed by atoms with van der Waals surface area (Å²) in [5, 5.41) is 15.4. The standard InChI is InChI=1S/C26H33N5O4/c1-18(2)14-20(17-32)29-26(34)23-16-27-24-22(4-3-9-31(23)24)25(33)28-15-19-5-7-21(8-6-19)30-10-12-35-13-11-30/h3-9,16,18,20,32H,10-15,17H2,1-2H3,(H,28,33)(H,29,34)/t20-/m0/s1. The maximum absolute atomic E-state index is 13.0. The van der Waals surface area contributed by atoms with Gasteiger partial charge in [-0.15, -0.1) is 0 Å². The lowest BCUT2D eigenvalue weighted by molar-refractivity contribution is 0.0900. The van der Waals surface area contributed by atoms with Crippen LogP contribution in [0.1, 0.15) is 46.7 Å². The van der Waals surface area contributed by atoms with Gasteiger partial charge in [0, 0.05) is 31.5 Å². The first-order valence-electron chi connectivity index (χ1n) is 12.0. The Morgan fingerprint density at radius 3 is 2.54 bits per heavy atom. The molecule has 1 atom stereocenters. The second kappa shape index (κ2) is 11.3. The lowest BCUT2D eigenvalue weighted by Crippen LogP contribution is -2.38. The molecule has 9 nitrogen and oxygen atoms in total. The van der Waals surface area contributed by atoms with Gasteiger partial charge in [-0.2, -0.15) is 0 Å². The summed E-state index contributed by atoms with van der Waals surface area (Å²) >= 11 is 0. The predicted octanol–water partition coefficient (Wildman–Crippen LogP) is 2.24. The zero-order valence-electron chi connectivity index (χ0n) is 20.2. The van der Waals surface area contributed by atoms with Gasteiger partial charge in [0.25, 0.3) is 11.8 Å². The number of ether oxygens (including phenoxy) is 1. The number of morpholine rings is 1. The molecule has 1 fully saturated rings. The summed E-state index contributed by atoms with van der Waals surface area (Å²) in [5.41, 5.74) is 3.24. The Labute approximate surface area is 205 Å². The molecule has 2 aromatic heterocycles. The van der Waals surface area contributed by atoms with Crippen LogP contribution in [0.2, 0.25) is 0 Å². The Bertz CT molecular complexity index is 1150. The number of amides is 2. The number of fused-ring (bicyclic) bond motifs is 1. The average Bonchev–Trinajstić information content (AvgIpc) is 3.32. The number of hydrogen-bond donors (Lipinski definition) is 3. The molecule has 0 saturated carbocycles. The van der Waals surface area contributed by atoms with Crippen LogP contribution >= 0.6 is 0 Å². The van der Waals surface area contributed by atoms with Gasteiger partial charge in [-0.05, 0) is 42.2 Å². The molecule has 2 amide bonds. The molecule has 4 rings (SSSR count). The normalized spacial score (nSPS) is 14.8. The summed E-state index contributed by atoms with van der Waals surface area (Å²) in [7, 11) is 0. The minimum Gasteiger partial charge on any atom is -0.394 e. The maximum atomic E-state index is 13.0. The van der Waals surface area contributed by atoms with Crippen molar-refractivity contribution in [1.29, 1.82) is 0 Å². The Morgan fingerprint density at radius 1 is 1.11 bits per heavy atom. The fourth-order valence-electron chi connectivity index (χ4n) is 4.29. The van der Waals surface area contributed by atoms with Crippen molar-refractivity contribution in [3.63, 3.8) is 0 Å². The van der Waals surface area contributed by atoms with Gasteiger partial charge in [0.1, 0.15) is 11.3 Å². The smallest absolute Gasteiger partial charge is 0.270 e. The lowest BCUT2D eigenvalue weighted by Gasteiger charge is -2.28. The molecule has 0 aliphatic carbocycles. The van der Waals surface area contributed by atoms with Crippen LogP contribution in [0.15, 0.2) is 48.8 Å². The van der Waals surface area contributed by atoms with E-state index in [0.29, 0.717) is 35.8 Å². The van der Waals surface area contributed by atoms with Crippen LogP contribution in [0.3, 0.4) is 0 Å². The van der Waals surface area contributed by atoms with E-state index in [4.69, 9.17) is 4.74 Å². The zero-order chi connectivity index (χ0) is 24.8. The van der Waals surface area contributed by atoms with Crippen LogP contribution in [-0.4, -0.2) is 65.3 Å². The van der Waals surface area contributed by atoms with Gasteiger partial charge >= 0.3 is 0 Å². The molecule has 35 heavy (non-hydrogen) atoms. The third-order valence-electron chi connectivity index (χ3n) is 6.09. The molecule has 1 saturated heterocycles. The van der Waals surface area contributed by atoms with Crippen LogP contribution in [0.25, 0.3) is 5.65 Å². The average molecular weight is 480 g/mol. The third kappa shape index (κ3) is 5.98. The highest BCUT2D eigenvalue weighted by molar-refractivity contribution is 6.01. The summed E-state index contributed by atoms with van der Waals surface area (Å²) in [4.78, 5) is 32.4. The van der Waals surface area contributed by atoms with Crippen molar-refractivity contribution in [1.82, 2.24) is 20.0 Å². The molecule has 3 heterocycles. The number of aliphatic hydroxyl groups is 1. The van der Waals surface area contributed by atoms with Crippen molar-refractivity contribution in [3.8, 4) is 0 Å². The quantitative estimate of drug-likeness (QED) is 0.434. The third-order valence-corrected chi connectivity index (χ3v) is 6.09. The van der Waals surface area contributed by atoms with E-state index in [-0.39, 0.29) is 24.5 Å². The fourth-order valence-corrected chi connectivity index (χ4v) is 4.29. The first kappa shape index (κ1) is 24.7. The van der Waals surface area contributed by atoms with Crippen LogP contribution in [0.4, 0.5) is 5.69 Å². The van der Waals surface area contributed by atoms with Gasteiger partial charge in [-0.25, -0.2) is 4.98 Å². The van der Waals surface area contributed by atoms with Crippen molar-refractivity contribution in [2.45, 2.75) is 32.9 Å². The Morgan fingerprint density at radius 2 is 1.86 bits per heavy atom. The Kier molecular flexibility index (Phi) is 7.99. The van der Waals surface area contributed by atoms with Gasteiger partial charge in [-0.3, -0.25) is 14.0 Å². The maximum Gasteiger partial charge on any atom is 0.270 e. The van der Waals surface area contributed by atoms with Crippen molar-refractivity contribution in [3.05, 3.63) is 65.6 Å². The second-order valence-corrected chi connectivity index (χ2v) is 9.19. The van der Waals surface area contributed by atoms with Crippen LogP contribution in [0.5, 0.6) is 0 Å². The molecule has 0 spiro atoms. The topological polar surface area (TPSA) is 108 Å². The number of hydrogen-bond acceptors (Lipinski definition) is 6. The summed E-state index contributed by atoms with van der Waals surface area (Å²) in [6.07, 6.45) is 3.82. The first-order chi connectivity index (χ1) is 17.0. The molecule has 186 valence electrons. The van der Waals surface area contributed by atoms with Gasteiger partial charge in [0.15, 0.2) is 0 Å². The highest BCUT2D eigenvalue weighted by Crippen LogP contribution is 2.17. The van der Waals surface area contributed by atoms with E-state index in [2.05, 4.69) is 32.7 Å². The minimum atomic E-state index is -0.339. The van der Waals surface area contributed by atoms with Gasteiger partial charge in [0.2, 0.25) is 0 Å². The van der Waals surface area contributed by atoms with E-state index in [0.717, 1.165) is 37.6 Å². The van der Waals surface area contributed by atoms with E-state index < -0.39 is 0 Å². The highest BCUT2D eigenvalue weighted by Gasteiger charge is 2.20. The van der Waals surface area contributed by atoms with Crippen molar-refractivity contribution in [2.75, 3.05) is 37.8 Å². The molecular formula is C26H33N5O4. The number of aliphatic hydroxyl groups excluding tert-OH is 1. The molecule has 9 heteroatoms. The number of carbonyl (C=O) groups excluding carboxylic acids is 2. The predicted molar refractivity (Wildman–Crippen MR) is 134 cm³/mol. The molecular weight excluding hydrogens is 446 g/mol. The SMILES string of the molecule is CC(C)C[C@@H](CO)NC(=O)c1cnc2c(C(=O)NCc3ccc(N4CCOCC4)cc3)cccn12. The summed E-state index contributed by atoms with van der Waals surface area (Å²) < 4.78 is 7.01. The Hall–Kier alpha value is -3.43. The van der Waals surface area contributed by atoms with Crippen LogP contribution < -0.4 is 15.5 Å². The number of carbonyl (C=O) groups is 2. The lowest BCUT2D eigenvalue weighted by atomic mass is 10.0. The van der Waals surface area contributed by atoms with Crippen molar-refractivity contribution in [2.24, 2.45) is 5.92 Å². The number of benzene rings is 1. The highest BCUT2D eigenvalue weighted by atomic mass is 16.5.